The molecule has 0 spiro atoms. The largest absolute Gasteiger partial charge is 0.478 e. The number of hydrogen-bond acceptors (Lipinski definition) is 3. The Bertz CT molecular complexity index is 500. The summed E-state index contributed by atoms with van der Waals surface area (Å²) in [4.78, 5) is 22.1. The average Bonchev–Trinajstić information content (AvgIpc) is 2.45. The van der Waals surface area contributed by atoms with Gasteiger partial charge < -0.3 is 20.5 Å². The molecule has 114 valence electrons. The van der Waals surface area contributed by atoms with Gasteiger partial charge in [0, 0.05) is 31.5 Å². The molecule has 1 rings (SSSR count). The van der Waals surface area contributed by atoms with Crippen molar-refractivity contribution < 1.29 is 19.4 Å². The number of aliphatic carboxylic acids is 1. The fourth-order valence-electron chi connectivity index (χ4n) is 1.58. The summed E-state index contributed by atoms with van der Waals surface area (Å²) in [5.41, 5.74) is 1.30. The summed E-state index contributed by atoms with van der Waals surface area (Å²) >= 11 is 0. The summed E-state index contributed by atoms with van der Waals surface area (Å²) in [7, 11) is 0. The van der Waals surface area contributed by atoms with E-state index in [-0.39, 0.29) is 6.03 Å². The molecule has 0 heterocycles. The Hall–Kier alpha value is -2.34. The molecular weight excluding hydrogens is 272 g/mol. The molecule has 2 amide bonds. The van der Waals surface area contributed by atoms with Gasteiger partial charge in [0.05, 0.1) is 0 Å². The number of nitrogens with one attached hydrogen (secondary N) is 2. The number of amides is 2. The van der Waals surface area contributed by atoms with E-state index in [0.29, 0.717) is 31.0 Å². The Balaban J connectivity index is 2.41. The molecule has 0 unspecified atom stereocenters. The van der Waals surface area contributed by atoms with E-state index in [0.717, 1.165) is 12.5 Å². The Kier molecular flexibility index (Phi) is 7.60. The molecule has 0 aromatic heterocycles. The van der Waals surface area contributed by atoms with Crippen LogP contribution in [0.3, 0.4) is 0 Å². The van der Waals surface area contributed by atoms with Crippen molar-refractivity contribution in [2.75, 3.05) is 25.1 Å². The molecule has 0 radical (unpaired) electrons. The van der Waals surface area contributed by atoms with Crippen LogP contribution in [0.15, 0.2) is 30.3 Å². The van der Waals surface area contributed by atoms with Crippen molar-refractivity contribution in [3.8, 4) is 0 Å². The fraction of sp³-hybridized carbons (Fsp3) is 0.333. The summed E-state index contributed by atoms with van der Waals surface area (Å²) in [6, 6.07) is 6.62. The van der Waals surface area contributed by atoms with Crippen molar-refractivity contribution in [1.82, 2.24) is 5.32 Å². The van der Waals surface area contributed by atoms with E-state index in [1.807, 2.05) is 6.92 Å². The van der Waals surface area contributed by atoms with Crippen LogP contribution in [-0.4, -0.2) is 36.9 Å². The normalized spacial score (nSPS) is 10.5. The SMILES string of the molecule is CCOCCCNC(=O)Nc1cccc(/C=C/C(=O)O)c1. The van der Waals surface area contributed by atoms with Crippen molar-refractivity contribution in [3.63, 3.8) is 0 Å². The second-order valence-corrected chi connectivity index (χ2v) is 4.23. The first-order valence-corrected chi connectivity index (χ1v) is 6.75. The zero-order valence-electron chi connectivity index (χ0n) is 12.0. The van der Waals surface area contributed by atoms with Crippen LogP contribution < -0.4 is 10.6 Å². The van der Waals surface area contributed by atoms with Crippen LogP contribution in [0.4, 0.5) is 10.5 Å². The quantitative estimate of drug-likeness (QED) is 0.507. The van der Waals surface area contributed by atoms with Gasteiger partial charge in [-0.05, 0) is 37.1 Å². The van der Waals surface area contributed by atoms with Gasteiger partial charge in [0.2, 0.25) is 0 Å². The van der Waals surface area contributed by atoms with E-state index in [1.54, 1.807) is 24.3 Å². The summed E-state index contributed by atoms with van der Waals surface area (Å²) < 4.78 is 5.17. The molecule has 1 aromatic carbocycles. The highest BCUT2D eigenvalue weighted by Crippen LogP contribution is 2.11. The maximum absolute atomic E-state index is 11.6. The molecule has 1 aromatic rings. The molecule has 0 aliphatic rings. The van der Waals surface area contributed by atoms with Crippen molar-refractivity contribution in [2.45, 2.75) is 13.3 Å². The van der Waals surface area contributed by atoms with Crippen molar-refractivity contribution in [1.29, 1.82) is 0 Å². The first-order valence-electron chi connectivity index (χ1n) is 6.75. The second-order valence-electron chi connectivity index (χ2n) is 4.23. The zero-order valence-corrected chi connectivity index (χ0v) is 12.0. The standard InChI is InChI=1S/C15H20N2O4/c1-2-21-10-4-9-16-15(20)17-13-6-3-5-12(11-13)7-8-14(18)19/h3,5-8,11H,2,4,9-10H2,1H3,(H,18,19)(H2,16,17,20)/b8-7+. The van der Waals surface area contributed by atoms with Crippen molar-refractivity contribution in [2.24, 2.45) is 0 Å². The highest BCUT2D eigenvalue weighted by molar-refractivity contribution is 5.90. The Labute approximate surface area is 123 Å². The summed E-state index contributed by atoms with van der Waals surface area (Å²) in [6.45, 7) is 3.74. The molecule has 0 aliphatic carbocycles. The van der Waals surface area contributed by atoms with Crippen molar-refractivity contribution in [3.05, 3.63) is 35.9 Å². The number of anilines is 1. The van der Waals surface area contributed by atoms with Crippen LogP contribution in [0.5, 0.6) is 0 Å². The summed E-state index contributed by atoms with van der Waals surface area (Å²) in [5.74, 6) is -1.01. The van der Waals surface area contributed by atoms with Crippen molar-refractivity contribution >= 4 is 23.8 Å². The Morgan fingerprint density at radius 1 is 1.38 bits per heavy atom. The lowest BCUT2D eigenvalue weighted by atomic mass is 10.2. The molecule has 0 saturated carbocycles. The van der Waals surface area contributed by atoms with Gasteiger partial charge in [0.15, 0.2) is 0 Å². The van der Waals surface area contributed by atoms with Gasteiger partial charge in [0.1, 0.15) is 0 Å². The second kappa shape index (κ2) is 9.55. The Morgan fingerprint density at radius 3 is 2.90 bits per heavy atom. The number of carbonyl (C=O) groups excluding carboxylic acids is 1. The van der Waals surface area contributed by atoms with E-state index in [2.05, 4.69) is 10.6 Å². The number of benzene rings is 1. The lowest BCUT2D eigenvalue weighted by molar-refractivity contribution is -0.131. The predicted molar refractivity (Wildman–Crippen MR) is 81.2 cm³/mol. The molecule has 0 atom stereocenters. The number of urea groups is 1. The predicted octanol–water partition coefficient (Wildman–Crippen LogP) is 2.33. The average molecular weight is 292 g/mol. The van der Waals surface area contributed by atoms with E-state index in [9.17, 15) is 9.59 Å². The summed E-state index contributed by atoms with van der Waals surface area (Å²) in [5, 5.41) is 14.0. The number of rotatable bonds is 8. The first-order chi connectivity index (χ1) is 10.1. The molecule has 6 heteroatoms. The number of hydrogen-bond donors (Lipinski definition) is 3. The molecule has 0 fully saturated rings. The van der Waals surface area contributed by atoms with Gasteiger partial charge in [0.25, 0.3) is 0 Å². The van der Waals surface area contributed by atoms with E-state index < -0.39 is 5.97 Å². The molecule has 0 saturated heterocycles. The van der Waals surface area contributed by atoms with Gasteiger partial charge in [-0.2, -0.15) is 0 Å². The minimum Gasteiger partial charge on any atom is -0.478 e. The third-order valence-electron chi connectivity index (χ3n) is 2.52. The van der Waals surface area contributed by atoms with Gasteiger partial charge in [-0.1, -0.05) is 12.1 Å². The van der Waals surface area contributed by atoms with Crippen LogP contribution >= 0.6 is 0 Å². The fourth-order valence-corrected chi connectivity index (χ4v) is 1.58. The summed E-state index contributed by atoms with van der Waals surface area (Å²) in [6.07, 6.45) is 3.27. The monoisotopic (exact) mass is 292 g/mol. The van der Waals surface area contributed by atoms with Gasteiger partial charge in [-0.15, -0.1) is 0 Å². The highest BCUT2D eigenvalue weighted by Gasteiger charge is 2.01. The third-order valence-corrected chi connectivity index (χ3v) is 2.52. The first kappa shape index (κ1) is 16.7. The molecule has 21 heavy (non-hydrogen) atoms. The van der Waals surface area contributed by atoms with Crippen LogP contribution in [-0.2, 0) is 9.53 Å². The van der Waals surface area contributed by atoms with Gasteiger partial charge in [-0.3, -0.25) is 0 Å². The van der Waals surface area contributed by atoms with E-state index in [4.69, 9.17) is 9.84 Å². The topological polar surface area (TPSA) is 87.7 Å². The minimum atomic E-state index is -1.01. The highest BCUT2D eigenvalue weighted by atomic mass is 16.5. The van der Waals surface area contributed by atoms with E-state index >= 15 is 0 Å². The lowest BCUT2D eigenvalue weighted by Gasteiger charge is -2.08. The van der Waals surface area contributed by atoms with Crippen LogP contribution in [0.2, 0.25) is 0 Å². The number of carbonyl (C=O) groups is 2. The minimum absolute atomic E-state index is 0.300. The molecular formula is C15H20N2O4. The van der Waals surface area contributed by atoms with E-state index in [1.165, 1.54) is 6.08 Å². The Morgan fingerprint density at radius 2 is 2.19 bits per heavy atom. The molecule has 0 bridgehead atoms. The third kappa shape index (κ3) is 7.74. The van der Waals surface area contributed by atoms with Crippen LogP contribution in [0.25, 0.3) is 6.08 Å². The zero-order chi connectivity index (χ0) is 15.5. The molecule has 0 aliphatic heterocycles. The van der Waals surface area contributed by atoms with Gasteiger partial charge >= 0.3 is 12.0 Å². The number of carboxylic acid groups (broad SMARTS) is 1. The lowest BCUT2D eigenvalue weighted by Crippen LogP contribution is -2.30. The number of carboxylic acids is 1. The maximum Gasteiger partial charge on any atom is 0.328 e. The smallest absolute Gasteiger partial charge is 0.328 e. The molecule has 6 nitrogen and oxygen atoms in total. The maximum atomic E-state index is 11.6. The van der Waals surface area contributed by atoms with Gasteiger partial charge in [-0.25, -0.2) is 9.59 Å². The van der Waals surface area contributed by atoms with Crippen LogP contribution in [0.1, 0.15) is 18.9 Å². The number of ether oxygens (including phenoxy) is 1. The van der Waals surface area contributed by atoms with Crippen LogP contribution in [0, 0.1) is 0 Å². The molecule has 3 N–H and O–H groups in total.